The fourth-order valence-corrected chi connectivity index (χ4v) is 2.57. The minimum Gasteiger partial charge on any atom is -0.343 e. The number of rotatable bonds is 11. The summed E-state index contributed by atoms with van der Waals surface area (Å²) >= 11 is 0. The highest BCUT2D eigenvalue weighted by Crippen LogP contribution is 2.14. The number of nitrogens with zero attached hydrogens (tertiary/aromatic N) is 2. The van der Waals surface area contributed by atoms with Crippen LogP contribution in [0.15, 0.2) is 0 Å². The van der Waals surface area contributed by atoms with Gasteiger partial charge in [-0.3, -0.25) is 4.79 Å². The van der Waals surface area contributed by atoms with E-state index in [0.717, 1.165) is 45.6 Å². The summed E-state index contributed by atoms with van der Waals surface area (Å²) in [6.07, 6.45) is 1.93. The highest BCUT2D eigenvalue weighted by molar-refractivity contribution is 5.79. The fraction of sp³-hybridized carbons (Fsp3) is 0.938. The average molecular weight is 285 g/mol. The van der Waals surface area contributed by atoms with Crippen LogP contribution in [0, 0.1) is 11.8 Å². The number of hydrogen-bond acceptors (Lipinski definition) is 3. The van der Waals surface area contributed by atoms with E-state index in [1.807, 2.05) is 4.90 Å². The van der Waals surface area contributed by atoms with Crippen molar-refractivity contribution in [3.63, 3.8) is 0 Å². The molecule has 0 spiro atoms. The van der Waals surface area contributed by atoms with Crippen LogP contribution in [0.1, 0.15) is 47.5 Å². The van der Waals surface area contributed by atoms with Gasteiger partial charge in [-0.2, -0.15) is 0 Å². The Labute approximate surface area is 125 Å². The third kappa shape index (κ3) is 7.25. The van der Waals surface area contributed by atoms with E-state index in [4.69, 9.17) is 5.73 Å². The standard InChI is InChI=1S/C16H35N3O/c1-6-18(7-2)10-9-11-19(8-3)16(20)15(13-17)12-14(4)5/h14-15H,6-13,17H2,1-5H3. The van der Waals surface area contributed by atoms with E-state index < -0.39 is 0 Å². The molecule has 1 amide bonds. The molecule has 0 aromatic heterocycles. The Morgan fingerprint density at radius 2 is 1.65 bits per heavy atom. The SMILES string of the molecule is CCN(CC)CCCN(CC)C(=O)C(CN)CC(C)C. The second-order valence-corrected chi connectivity index (χ2v) is 5.86. The molecule has 20 heavy (non-hydrogen) atoms. The van der Waals surface area contributed by atoms with Crippen LogP contribution >= 0.6 is 0 Å². The molecule has 0 aromatic rings. The first kappa shape index (κ1) is 19.4. The summed E-state index contributed by atoms with van der Waals surface area (Å²) in [5.41, 5.74) is 5.78. The normalized spacial score (nSPS) is 13.0. The van der Waals surface area contributed by atoms with Gasteiger partial charge >= 0.3 is 0 Å². The molecular formula is C16H35N3O. The molecule has 0 bridgehead atoms. The summed E-state index contributed by atoms with van der Waals surface area (Å²) in [5, 5.41) is 0. The van der Waals surface area contributed by atoms with Crippen LogP contribution < -0.4 is 5.73 Å². The van der Waals surface area contributed by atoms with Crippen LogP contribution in [0.5, 0.6) is 0 Å². The molecule has 4 nitrogen and oxygen atoms in total. The van der Waals surface area contributed by atoms with Crippen molar-refractivity contribution >= 4 is 5.91 Å². The zero-order valence-corrected chi connectivity index (χ0v) is 14.2. The largest absolute Gasteiger partial charge is 0.343 e. The van der Waals surface area contributed by atoms with E-state index in [1.165, 1.54) is 0 Å². The van der Waals surface area contributed by atoms with Gasteiger partial charge in [-0.05, 0) is 45.3 Å². The Hall–Kier alpha value is -0.610. The first-order valence-electron chi connectivity index (χ1n) is 8.21. The van der Waals surface area contributed by atoms with Crippen molar-refractivity contribution in [3.05, 3.63) is 0 Å². The Balaban J connectivity index is 4.32. The molecule has 0 aliphatic carbocycles. The molecule has 0 saturated heterocycles. The molecule has 0 fully saturated rings. The molecule has 0 rings (SSSR count). The zero-order valence-electron chi connectivity index (χ0n) is 14.2. The second kappa shape index (κ2) is 11.1. The highest BCUT2D eigenvalue weighted by atomic mass is 16.2. The van der Waals surface area contributed by atoms with Crippen molar-refractivity contribution in [1.29, 1.82) is 0 Å². The topological polar surface area (TPSA) is 49.6 Å². The third-order valence-electron chi connectivity index (χ3n) is 3.88. The van der Waals surface area contributed by atoms with Gasteiger partial charge in [0.05, 0.1) is 5.92 Å². The van der Waals surface area contributed by atoms with Crippen molar-refractivity contribution < 1.29 is 4.79 Å². The predicted octanol–water partition coefficient (Wildman–Crippen LogP) is 2.19. The van der Waals surface area contributed by atoms with Crippen molar-refractivity contribution in [2.24, 2.45) is 17.6 Å². The van der Waals surface area contributed by atoms with Crippen LogP contribution in [0.25, 0.3) is 0 Å². The van der Waals surface area contributed by atoms with Gasteiger partial charge in [0, 0.05) is 19.6 Å². The molecular weight excluding hydrogens is 250 g/mol. The molecule has 0 heterocycles. The lowest BCUT2D eigenvalue weighted by molar-refractivity contribution is -0.135. The quantitative estimate of drug-likeness (QED) is 0.633. The maximum absolute atomic E-state index is 12.5. The van der Waals surface area contributed by atoms with Gasteiger partial charge in [-0.15, -0.1) is 0 Å². The van der Waals surface area contributed by atoms with Gasteiger partial charge in [0.25, 0.3) is 0 Å². The molecule has 0 aliphatic heterocycles. The summed E-state index contributed by atoms with van der Waals surface area (Å²) in [6.45, 7) is 16.0. The summed E-state index contributed by atoms with van der Waals surface area (Å²) in [5.74, 6) is 0.744. The molecule has 4 heteroatoms. The van der Waals surface area contributed by atoms with Crippen LogP contribution in [-0.4, -0.2) is 55.0 Å². The molecule has 2 N–H and O–H groups in total. The minimum atomic E-state index is -0.0107. The molecule has 120 valence electrons. The molecule has 0 radical (unpaired) electrons. The van der Waals surface area contributed by atoms with Gasteiger partial charge in [0.15, 0.2) is 0 Å². The average Bonchev–Trinajstić information content (AvgIpc) is 2.44. The van der Waals surface area contributed by atoms with Gasteiger partial charge in [0.2, 0.25) is 5.91 Å². The summed E-state index contributed by atoms with van der Waals surface area (Å²) < 4.78 is 0. The van der Waals surface area contributed by atoms with Crippen molar-refractivity contribution in [2.45, 2.75) is 47.5 Å². The van der Waals surface area contributed by atoms with Crippen LogP contribution in [0.4, 0.5) is 0 Å². The Kier molecular flexibility index (Phi) is 10.8. The Bertz CT molecular complexity index is 252. The maximum atomic E-state index is 12.5. The molecule has 0 aromatic carbocycles. The van der Waals surface area contributed by atoms with E-state index >= 15 is 0 Å². The number of carbonyl (C=O) groups excluding carboxylic acids is 1. The van der Waals surface area contributed by atoms with E-state index in [9.17, 15) is 4.79 Å². The Morgan fingerprint density at radius 1 is 1.05 bits per heavy atom. The lowest BCUT2D eigenvalue weighted by Gasteiger charge is -2.27. The van der Waals surface area contributed by atoms with E-state index in [1.54, 1.807) is 0 Å². The first-order chi connectivity index (χ1) is 9.49. The van der Waals surface area contributed by atoms with Crippen molar-refractivity contribution in [2.75, 3.05) is 39.3 Å². The van der Waals surface area contributed by atoms with Crippen LogP contribution in [0.3, 0.4) is 0 Å². The lowest BCUT2D eigenvalue weighted by atomic mass is 9.96. The maximum Gasteiger partial charge on any atom is 0.226 e. The van der Waals surface area contributed by atoms with Gasteiger partial charge in [-0.25, -0.2) is 0 Å². The van der Waals surface area contributed by atoms with E-state index in [2.05, 4.69) is 39.5 Å². The number of carbonyl (C=O) groups is 1. The fourth-order valence-electron chi connectivity index (χ4n) is 2.57. The monoisotopic (exact) mass is 285 g/mol. The smallest absolute Gasteiger partial charge is 0.226 e. The van der Waals surface area contributed by atoms with Gasteiger partial charge in [0.1, 0.15) is 0 Å². The summed E-state index contributed by atoms with van der Waals surface area (Å²) in [4.78, 5) is 16.9. The van der Waals surface area contributed by atoms with Gasteiger partial charge < -0.3 is 15.5 Å². The van der Waals surface area contributed by atoms with E-state index in [0.29, 0.717) is 12.5 Å². The third-order valence-corrected chi connectivity index (χ3v) is 3.88. The summed E-state index contributed by atoms with van der Waals surface area (Å²) in [6, 6.07) is 0. The molecule has 0 aliphatic rings. The highest BCUT2D eigenvalue weighted by Gasteiger charge is 2.22. The molecule has 0 saturated carbocycles. The second-order valence-electron chi connectivity index (χ2n) is 5.86. The number of amides is 1. The van der Waals surface area contributed by atoms with Crippen molar-refractivity contribution in [1.82, 2.24) is 9.80 Å². The van der Waals surface area contributed by atoms with Crippen LogP contribution in [-0.2, 0) is 4.79 Å². The molecule has 1 atom stereocenters. The van der Waals surface area contributed by atoms with Crippen molar-refractivity contribution in [3.8, 4) is 0 Å². The first-order valence-corrected chi connectivity index (χ1v) is 8.21. The number of hydrogen-bond donors (Lipinski definition) is 1. The van der Waals surface area contributed by atoms with Crippen LogP contribution in [0.2, 0.25) is 0 Å². The zero-order chi connectivity index (χ0) is 15.5. The number of nitrogens with two attached hydrogens (primary N) is 1. The lowest BCUT2D eigenvalue weighted by Crippen LogP contribution is -2.41. The minimum absolute atomic E-state index is 0.0107. The molecule has 1 unspecified atom stereocenters. The van der Waals surface area contributed by atoms with Gasteiger partial charge in [-0.1, -0.05) is 27.7 Å². The predicted molar refractivity (Wildman–Crippen MR) is 86.7 cm³/mol. The van der Waals surface area contributed by atoms with E-state index in [-0.39, 0.29) is 11.8 Å². The summed E-state index contributed by atoms with van der Waals surface area (Å²) in [7, 11) is 0. The Morgan fingerprint density at radius 3 is 2.05 bits per heavy atom.